The van der Waals surface area contributed by atoms with Gasteiger partial charge in [-0.05, 0) is 41.6 Å². The lowest BCUT2D eigenvalue weighted by molar-refractivity contribution is 0.824. The molecule has 0 aliphatic carbocycles. The second-order valence-electron chi connectivity index (χ2n) is 7.66. The van der Waals surface area contributed by atoms with Crippen LogP contribution < -0.4 is 0 Å². The summed E-state index contributed by atoms with van der Waals surface area (Å²) in [5, 5.41) is 1.09. The lowest BCUT2D eigenvalue weighted by Crippen LogP contribution is -2.13. The minimum atomic E-state index is 0.434. The smallest absolute Gasteiger partial charge is 0.117 e. The molecule has 2 aromatic carbocycles. The minimum absolute atomic E-state index is 0.434. The maximum Gasteiger partial charge on any atom is 0.117 e. The minimum Gasteiger partial charge on any atom is -0.276 e. The highest BCUT2D eigenvalue weighted by atomic mass is 32.2. The van der Waals surface area contributed by atoms with Crippen LogP contribution in [0.5, 0.6) is 0 Å². The normalized spacial score (nSPS) is 15.8. The van der Waals surface area contributed by atoms with E-state index in [1.807, 2.05) is 11.8 Å². The van der Waals surface area contributed by atoms with Crippen LogP contribution in [0.1, 0.15) is 69.1 Å². The Morgan fingerprint density at radius 1 is 0.889 bits per heavy atom. The number of aliphatic imine (C=N–C) groups is 2. The second kappa shape index (κ2) is 9.36. The topological polar surface area (TPSA) is 24.7 Å². The van der Waals surface area contributed by atoms with Gasteiger partial charge < -0.3 is 0 Å². The summed E-state index contributed by atoms with van der Waals surface area (Å²) in [7, 11) is 0. The Labute approximate surface area is 168 Å². The summed E-state index contributed by atoms with van der Waals surface area (Å²) < 4.78 is 0. The Kier molecular flexibility index (Phi) is 6.89. The standard InChI is InChI=1S/C24H30N2S/c1-17(2)20-13-10-14-21(18(3)4)23(20)26-22(19-11-6-5-7-12-19)24-25-15-8-9-16-27-24/h5-7,10-14,17-18H,8-9,15-16H2,1-4H3/b26-22+. The molecule has 2 aromatic rings. The molecule has 0 bridgehead atoms. The van der Waals surface area contributed by atoms with E-state index in [1.54, 1.807) is 0 Å². The highest BCUT2D eigenvalue weighted by Gasteiger charge is 2.18. The number of rotatable bonds is 5. The number of hydrogen-bond acceptors (Lipinski definition) is 3. The number of benzene rings is 2. The molecule has 0 aromatic heterocycles. The molecule has 1 heterocycles. The Bertz CT molecular complexity index is 793. The molecule has 0 spiro atoms. The van der Waals surface area contributed by atoms with Crippen LogP contribution in [0, 0.1) is 0 Å². The molecule has 1 aliphatic rings. The molecule has 0 saturated carbocycles. The lowest BCUT2D eigenvalue weighted by Gasteiger charge is -2.18. The Morgan fingerprint density at radius 3 is 2.19 bits per heavy atom. The highest BCUT2D eigenvalue weighted by molar-refractivity contribution is 8.15. The number of hydrogen-bond donors (Lipinski definition) is 0. The van der Waals surface area contributed by atoms with E-state index < -0.39 is 0 Å². The maximum atomic E-state index is 5.30. The molecule has 0 fully saturated rings. The van der Waals surface area contributed by atoms with Crippen molar-refractivity contribution in [3.05, 3.63) is 65.2 Å². The zero-order valence-electron chi connectivity index (χ0n) is 16.9. The van der Waals surface area contributed by atoms with Crippen LogP contribution in [0.3, 0.4) is 0 Å². The van der Waals surface area contributed by atoms with Gasteiger partial charge in [0.2, 0.25) is 0 Å². The monoisotopic (exact) mass is 378 g/mol. The van der Waals surface area contributed by atoms with E-state index in [-0.39, 0.29) is 0 Å². The largest absolute Gasteiger partial charge is 0.276 e. The molecule has 142 valence electrons. The molecule has 0 unspecified atom stereocenters. The van der Waals surface area contributed by atoms with Crippen molar-refractivity contribution in [1.29, 1.82) is 0 Å². The SMILES string of the molecule is CC(C)c1cccc(C(C)C)c1/N=C(/C1=NCCCCS1)c1ccccc1. The first-order valence-corrected chi connectivity index (χ1v) is 11.0. The summed E-state index contributed by atoms with van der Waals surface area (Å²) >= 11 is 1.85. The zero-order valence-corrected chi connectivity index (χ0v) is 17.7. The third-order valence-electron chi connectivity index (χ3n) is 4.86. The average molecular weight is 379 g/mol. The predicted octanol–water partition coefficient (Wildman–Crippen LogP) is 6.98. The summed E-state index contributed by atoms with van der Waals surface area (Å²) in [6, 6.07) is 17.2. The fourth-order valence-corrected chi connectivity index (χ4v) is 4.36. The van der Waals surface area contributed by atoms with Gasteiger partial charge in [-0.3, -0.25) is 4.99 Å². The number of para-hydroxylation sites is 1. The fourth-order valence-electron chi connectivity index (χ4n) is 3.34. The fraction of sp³-hybridized carbons (Fsp3) is 0.417. The van der Waals surface area contributed by atoms with Crippen LogP contribution in [0.15, 0.2) is 58.5 Å². The zero-order chi connectivity index (χ0) is 19.2. The van der Waals surface area contributed by atoms with Crippen LogP contribution in [0.4, 0.5) is 5.69 Å². The van der Waals surface area contributed by atoms with Crippen LogP contribution >= 0.6 is 11.8 Å². The maximum absolute atomic E-state index is 5.30. The van der Waals surface area contributed by atoms with Crippen molar-refractivity contribution in [2.24, 2.45) is 9.98 Å². The van der Waals surface area contributed by atoms with Crippen molar-refractivity contribution in [3.63, 3.8) is 0 Å². The van der Waals surface area contributed by atoms with E-state index in [4.69, 9.17) is 9.98 Å². The molecule has 0 atom stereocenters. The van der Waals surface area contributed by atoms with Gasteiger partial charge in [0.25, 0.3) is 0 Å². The molecule has 27 heavy (non-hydrogen) atoms. The molecule has 0 N–H and O–H groups in total. The third-order valence-corrected chi connectivity index (χ3v) is 5.95. The van der Waals surface area contributed by atoms with Crippen molar-refractivity contribution in [3.8, 4) is 0 Å². The quantitative estimate of drug-likeness (QED) is 0.515. The first-order valence-electron chi connectivity index (χ1n) is 10.0. The summed E-state index contributed by atoms with van der Waals surface area (Å²) in [6.45, 7) is 9.89. The lowest BCUT2D eigenvalue weighted by atomic mass is 9.92. The highest BCUT2D eigenvalue weighted by Crippen LogP contribution is 2.35. The molecule has 3 rings (SSSR count). The molecule has 0 amide bonds. The van der Waals surface area contributed by atoms with Crippen molar-refractivity contribution in [2.45, 2.75) is 52.4 Å². The van der Waals surface area contributed by atoms with Gasteiger partial charge in [-0.15, -0.1) is 11.8 Å². The Morgan fingerprint density at radius 2 is 1.56 bits per heavy atom. The van der Waals surface area contributed by atoms with Crippen molar-refractivity contribution >= 4 is 28.2 Å². The average Bonchev–Trinajstić information content (AvgIpc) is 2.95. The van der Waals surface area contributed by atoms with E-state index in [1.165, 1.54) is 24.0 Å². The van der Waals surface area contributed by atoms with E-state index in [9.17, 15) is 0 Å². The molecular weight excluding hydrogens is 348 g/mol. The van der Waals surface area contributed by atoms with Gasteiger partial charge >= 0.3 is 0 Å². The van der Waals surface area contributed by atoms with Gasteiger partial charge in [-0.25, -0.2) is 4.99 Å². The van der Waals surface area contributed by atoms with Crippen molar-refractivity contribution < 1.29 is 0 Å². The second-order valence-corrected chi connectivity index (χ2v) is 8.75. The van der Waals surface area contributed by atoms with Gasteiger partial charge in [0, 0.05) is 12.1 Å². The first kappa shape index (κ1) is 19.9. The van der Waals surface area contributed by atoms with E-state index >= 15 is 0 Å². The van der Waals surface area contributed by atoms with Crippen molar-refractivity contribution in [1.82, 2.24) is 0 Å². The molecule has 0 radical (unpaired) electrons. The molecular formula is C24H30N2S. The molecule has 1 aliphatic heterocycles. The predicted molar refractivity (Wildman–Crippen MR) is 121 cm³/mol. The molecule has 2 nitrogen and oxygen atoms in total. The van der Waals surface area contributed by atoms with Crippen LogP contribution in [0.25, 0.3) is 0 Å². The van der Waals surface area contributed by atoms with E-state index in [0.29, 0.717) is 11.8 Å². The van der Waals surface area contributed by atoms with Crippen molar-refractivity contribution in [2.75, 3.05) is 12.3 Å². The molecule has 3 heteroatoms. The van der Waals surface area contributed by atoms with Crippen LogP contribution in [0.2, 0.25) is 0 Å². The first-order chi connectivity index (χ1) is 13.1. The van der Waals surface area contributed by atoms with Gasteiger partial charge in [0.1, 0.15) is 10.8 Å². The van der Waals surface area contributed by atoms with Gasteiger partial charge in [-0.1, -0.05) is 76.2 Å². The number of thioether (sulfide) groups is 1. The molecule has 0 saturated heterocycles. The van der Waals surface area contributed by atoms with E-state index in [2.05, 4.69) is 76.2 Å². The summed E-state index contributed by atoms with van der Waals surface area (Å²) in [5.74, 6) is 1.99. The number of nitrogens with zero attached hydrogens (tertiary/aromatic N) is 2. The Balaban J connectivity index is 2.21. The van der Waals surface area contributed by atoms with Gasteiger partial charge in [-0.2, -0.15) is 0 Å². The summed E-state index contributed by atoms with van der Waals surface area (Å²) in [4.78, 5) is 10.2. The van der Waals surface area contributed by atoms with Gasteiger partial charge in [0.15, 0.2) is 0 Å². The Hall–Kier alpha value is -1.87. The summed E-state index contributed by atoms with van der Waals surface area (Å²) in [6.07, 6.45) is 2.39. The third kappa shape index (κ3) is 4.90. The van der Waals surface area contributed by atoms with Gasteiger partial charge in [0.05, 0.1) is 5.69 Å². The van der Waals surface area contributed by atoms with E-state index in [0.717, 1.165) is 34.3 Å². The van der Waals surface area contributed by atoms with Crippen LogP contribution in [-0.4, -0.2) is 23.1 Å². The summed E-state index contributed by atoms with van der Waals surface area (Å²) in [5.41, 5.74) is 5.94. The van der Waals surface area contributed by atoms with Crippen LogP contribution in [-0.2, 0) is 0 Å².